The van der Waals surface area contributed by atoms with Gasteiger partial charge in [-0.3, -0.25) is 14.2 Å². The number of pyridine rings is 1. The van der Waals surface area contributed by atoms with Gasteiger partial charge in [0.2, 0.25) is 0 Å². The summed E-state index contributed by atoms with van der Waals surface area (Å²) in [7, 11) is -3.86. The number of aromatic nitrogens is 3. The van der Waals surface area contributed by atoms with Crippen LogP contribution in [0.3, 0.4) is 0 Å². The minimum absolute atomic E-state index is 0.133. The molecule has 0 aliphatic heterocycles. The zero-order valence-corrected chi connectivity index (χ0v) is 13.2. The molecule has 10 heteroatoms. The summed E-state index contributed by atoms with van der Waals surface area (Å²) in [5.41, 5.74) is 0.823. The number of hydrogen-bond acceptors (Lipinski definition) is 5. The number of aryl methyl sites for hydroxylation is 1. The number of hydrogen-bond donors (Lipinski definition) is 2. The number of sulfonamides is 1. The molecule has 112 valence electrons. The molecule has 0 aromatic carbocycles. The first-order valence-electron chi connectivity index (χ1n) is 5.67. The number of aliphatic carboxylic acids is 1. The van der Waals surface area contributed by atoms with Crippen LogP contribution in [0.2, 0.25) is 0 Å². The molecule has 2 aromatic rings. The quantitative estimate of drug-likeness (QED) is 0.813. The lowest BCUT2D eigenvalue weighted by atomic mass is 10.3. The molecule has 0 atom stereocenters. The number of carbonyl (C=O) groups is 1. The van der Waals surface area contributed by atoms with E-state index in [1.165, 1.54) is 6.20 Å². The molecule has 21 heavy (non-hydrogen) atoms. The number of carboxylic acids is 1. The summed E-state index contributed by atoms with van der Waals surface area (Å²) in [6, 6.07) is 1.57. The Kier molecular flexibility index (Phi) is 4.28. The van der Waals surface area contributed by atoms with E-state index in [1.54, 1.807) is 13.0 Å². The molecule has 0 spiro atoms. The monoisotopic (exact) mass is 374 g/mol. The lowest BCUT2D eigenvalue weighted by molar-refractivity contribution is -0.137. The van der Waals surface area contributed by atoms with Gasteiger partial charge in [0, 0.05) is 16.9 Å². The van der Waals surface area contributed by atoms with Crippen LogP contribution in [-0.4, -0.2) is 34.3 Å². The van der Waals surface area contributed by atoms with Crippen molar-refractivity contribution in [3.05, 3.63) is 34.7 Å². The SMILES string of the molecule is Cc1cc(NS(=O)(=O)c2cnn(CC(=O)O)c2)ncc1Br. The zero-order chi connectivity index (χ0) is 15.6. The smallest absolute Gasteiger partial charge is 0.325 e. The van der Waals surface area contributed by atoms with Crippen molar-refractivity contribution in [2.45, 2.75) is 18.4 Å². The molecule has 2 N–H and O–H groups in total. The summed E-state index contributed by atoms with van der Waals surface area (Å²) in [5.74, 6) is -0.943. The van der Waals surface area contributed by atoms with E-state index in [-0.39, 0.29) is 10.7 Å². The Morgan fingerprint density at radius 2 is 2.19 bits per heavy atom. The summed E-state index contributed by atoms with van der Waals surface area (Å²) in [5, 5.41) is 12.3. The molecule has 2 aromatic heterocycles. The van der Waals surface area contributed by atoms with Crippen LogP contribution >= 0.6 is 15.9 Å². The molecule has 0 fully saturated rings. The van der Waals surface area contributed by atoms with Crippen LogP contribution in [-0.2, 0) is 21.4 Å². The van der Waals surface area contributed by atoms with Gasteiger partial charge in [-0.2, -0.15) is 5.10 Å². The van der Waals surface area contributed by atoms with Gasteiger partial charge in [0.1, 0.15) is 17.3 Å². The van der Waals surface area contributed by atoms with Crippen LogP contribution in [0.5, 0.6) is 0 Å². The third-order valence-corrected chi connectivity index (χ3v) is 4.64. The van der Waals surface area contributed by atoms with Crippen LogP contribution in [0.4, 0.5) is 5.82 Å². The molecule has 2 heterocycles. The molecular weight excluding hydrogens is 364 g/mol. The van der Waals surface area contributed by atoms with E-state index in [4.69, 9.17) is 5.11 Å². The van der Waals surface area contributed by atoms with E-state index in [0.717, 1.165) is 27.1 Å². The Labute approximate surface area is 129 Å². The van der Waals surface area contributed by atoms with Gasteiger partial charge in [-0.25, -0.2) is 13.4 Å². The van der Waals surface area contributed by atoms with Crippen molar-refractivity contribution >= 4 is 37.7 Å². The van der Waals surface area contributed by atoms with Crippen molar-refractivity contribution in [3.63, 3.8) is 0 Å². The van der Waals surface area contributed by atoms with Gasteiger partial charge in [-0.05, 0) is 34.5 Å². The topological polar surface area (TPSA) is 114 Å². The van der Waals surface area contributed by atoms with E-state index in [9.17, 15) is 13.2 Å². The Hall–Kier alpha value is -1.94. The Morgan fingerprint density at radius 3 is 2.81 bits per heavy atom. The lowest BCUT2D eigenvalue weighted by Crippen LogP contribution is -2.14. The highest BCUT2D eigenvalue weighted by molar-refractivity contribution is 9.10. The Balaban J connectivity index is 2.23. The highest BCUT2D eigenvalue weighted by atomic mass is 79.9. The third-order valence-electron chi connectivity index (χ3n) is 2.50. The van der Waals surface area contributed by atoms with Crippen LogP contribution in [0.15, 0.2) is 34.0 Å². The zero-order valence-electron chi connectivity index (χ0n) is 10.8. The second kappa shape index (κ2) is 5.82. The van der Waals surface area contributed by atoms with Gasteiger partial charge in [-0.1, -0.05) is 0 Å². The summed E-state index contributed by atoms with van der Waals surface area (Å²) in [6.07, 6.45) is 3.71. The first-order chi connectivity index (χ1) is 9.78. The van der Waals surface area contributed by atoms with Crippen LogP contribution in [0, 0.1) is 6.92 Å². The van der Waals surface area contributed by atoms with E-state index < -0.39 is 22.5 Å². The van der Waals surface area contributed by atoms with Gasteiger partial charge in [0.15, 0.2) is 0 Å². The van der Waals surface area contributed by atoms with Crippen molar-refractivity contribution in [1.29, 1.82) is 0 Å². The predicted molar refractivity (Wildman–Crippen MR) is 77.3 cm³/mol. The number of anilines is 1. The van der Waals surface area contributed by atoms with E-state index in [1.807, 2.05) is 0 Å². The molecule has 0 saturated carbocycles. The Bertz CT molecular complexity index is 787. The second-order valence-corrected chi connectivity index (χ2v) is 6.73. The fraction of sp³-hybridized carbons (Fsp3) is 0.182. The molecular formula is C11H11BrN4O4S. The van der Waals surface area contributed by atoms with E-state index >= 15 is 0 Å². The van der Waals surface area contributed by atoms with Gasteiger partial charge in [-0.15, -0.1) is 0 Å². The van der Waals surface area contributed by atoms with Gasteiger partial charge < -0.3 is 5.11 Å². The number of rotatable bonds is 5. The normalized spacial score (nSPS) is 11.3. The molecule has 0 radical (unpaired) electrons. The molecule has 0 unspecified atom stereocenters. The maximum Gasteiger partial charge on any atom is 0.325 e. The first kappa shape index (κ1) is 15.4. The lowest BCUT2D eigenvalue weighted by Gasteiger charge is -2.06. The number of nitrogens with zero attached hydrogens (tertiary/aromatic N) is 3. The molecule has 0 amide bonds. The summed E-state index contributed by atoms with van der Waals surface area (Å²) >= 11 is 3.27. The highest BCUT2D eigenvalue weighted by Gasteiger charge is 2.18. The van der Waals surface area contributed by atoms with Crippen LogP contribution in [0.1, 0.15) is 5.56 Å². The first-order valence-corrected chi connectivity index (χ1v) is 7.95. The van der Waals surface area contributed by atoms with E-state index in [2.05, 4.69) is 30.7 Å². The van der Waals surface area contributed by atoms with Crippen molar-refractivity contribution in [2.75, 3.05) is 4.72 Å². The van der Waals surface area contributed by atoms with Gasteiger partial charge in [0.05, 0.1) is 6.20 Å². The average Bonchev–Trinajstić information content (AvgIpc) is 2.82. The van der Waals surface area contributed by atoms with Gasteiger partial charge in [0.25, 0.3) is 10.0 Å². The molecule has 8 nitrogen and oxygen atoms in total. The minimum Gasteiger partial charge on any atom is -0.480 e. The molecule has 0 saturated heterocycles. The number of halogens is 1. The Morgan fingerprint density at radius 1 is 1.48 bits per heavy atom. The van der Waals surface area contributed by atoms with Crippen molar-refractivity contribution < 1.29 is 18.3 Å². The summed E-state index contributed by atoms with van der Waals surface area (Å²) in [6.45, 7) is 1.39. The van der Waals surface area contributed by atoms with E-state index in [0.29, 0.717) is 0 Å². The second-order valence-electron chi connectivity index (χ2n) is 4.19. The summed E-state index contributed by atoms with van der Waals surface area (Å²) in [4.78, 5) is 14.4. The summed E-state index contributed by atoms with van der Waals surface area (Å²) < 4.78 is 28.4. The predicted octanol–water partition coefficient (Wildman–Crippen LogP) is 1.23. The number of nitrogens with one attached hydrogen (secondary N) is 1. The molecule has 0 aliphatic carbocycles. The fourth-order valence-corrected chi connectivity index (χ4v) is 2.67. The van der Waals surface area contributed by atoms with Crippen LogP contribution in [0.25, 0.3) is 0 Å². The van der Waals surface area contributed by atoms with Crippen LogP contribution < -0.4 is 4.72 Å². The van der Waals surface area contributed by atoms with Crippen molar-refractivity contribution in [2.24, 2.45) is 0 Å². The molecule has 0 bridgehead atoms. The van der Waals surface area contributed by atoms with Gasteiger partial charge >= 0.3 is 5.97 Å². The third kappa shape index (κ3) is 3.79. The van der Waals surface area contributed by atoms with Crippen molar-refractivity contribution in [1.82, 2.24) is 14.8 Å². The average molecular weight is 375 g/mol. The minimum atomic E-state index is -3.86. The number of carboxylic acid groups (broad SMARTS) is 1. The largest absolute Gasteiger partial charge is 0.480 e. The maximum atomic E-state index is 12.1. The molecule has 0 aliphatic rings. The maximum absolute atomic E-state index is 12.1. The standard InChI is InChI=1S/C11H11BrN4O4S/c1-7-2-10(13-4-9(7)12)15-21(19,20)8-3-14-16(5-8)6-11(17)18/h2-5H,6H2,1H3,(H,13,15)(H,17,18). The van der Waals surface area contributed by atoms with Crippen molar-refractivity contribution in [3.8, 4) is 0 Å². The fourth-order valence-electron chi connectivity index (χ4n) is 1.50. The highest BCUT2D eigenvalue weighted by Crippen LogP contribution is 2.19. The molecule has 2 rings (SSSR count).